The second-order valence-electron chi connectivity index (χ2n) is 4.48. The topological polar surface area (TPSA) is 56.5 Å². The van der Waals surface area contributed by atoms with Crippen molar-refractivity contribution >= 4 is 27.4 Å². The Bertz CT molecular complexity index is 596. The van der Waals surface area contributed by atoms with E-state index in [9.17, 15) is 4.79 Å². The number of ether oxygens (including phenoxy) is 1. The number of carbonyl (C=O) groups excluding carboxylic acids is 1. The lowest BCUT2D eigenvalue weighted by Crippen LogP contribution is -2.10. The lowest BCUT2D eigenvalue weighted by molar-refractivity contribution is -0.117. The van der Waals surface area contributed by atoms with E-state index in [1.807, 2.05) is 6.07 Å². The predicted molar refractivity (Wildman–Crippen MR) is 68.5 cm³/mol. The number of hydrogen-bond donors (Lipinski definition) is 0. The average molecular weight is 310 g/mol. The zero-order valence-corrected chi connectivity index (χ0v) is 11.3. The van der Waals surface area contributed by atoms with E-state index in [4.69, 9.17) is 4.74 Å². The van der Waals surface area contributed by atoms with Gasteiger partial charge in [-0.3, -0.25) is 4.79 Å². The molecular formula is C12H12BrN3O2. The van der Waals surface area contributed by atoms with Crippen LogP contribution in [0.15, 0.2) is 22.9 Å². The number of rotatable bonds is 3. The number of Topliss-reactive ketones (excluding diaryl/α,β-unsaturated/α-hetero) is 1. The predicted octanol–water partition coefficient (Wildman–Crippen LogP) is 2.24. The normalized spacial score (nSPS) is 19.6. The Labute approximate surface area is 112 Å². The third kappa shape index (κ3) is 2.25. The van der Waals surface area contributed by atoms with E-state index in [-0.39, 0.29) is 0 Å². The van der Waals surface area contributed by atoms with Crippen molar-refractivity contribution in [3.8, 4) is 5.88 Å². The molecule has 1 saturated carbocycles. The van der Waals surface area contributed by atoms with Crippen LogP contribution in [-0.2, 0) is 4.79 Å². The highest BCUT2D eigenvalue weighted by atomic mass is 79.9. The molecule has 2 aromatic heterocycles. The Kier molecular flexibility index (Phi) is 3.03. The van der Waals surface area contributed by atoms with Gasteiger partial charge < -0.3 is 4.74 Å². The third-order valence-corrected chi connectivity index (χ3v) is 3.65. The quantitative estimate of drug-likeness (QED) is 0.872. The van der Waals surface area contributed by atoms with Crippen molar-refractivity contribution in [3.05, 3.63) is 22.9 Å². The summed E-state index contributed by atoms with van der Waals surface area (Å²) in [5, 5.41) is 4.31. The van der Waals surface area contributed by atoms with E-state index in [0.717, 1.165) is 16.7 Å². The summed E-state index contributed by atoms with van der Waals surface area (Å²) in [6.45, 7) is 0.552. The molecule has 5 nitrogen and oxygen atoms in total. The number of imidazole rings is 1. The molecule has 1 fully saturated rings. The summed E-state index contributed by atoms with van der Waals surface area (Å²) >= 11 is 3.36. The molecule has 0 spiro atoms. The molecule has 2 heterocycles. The van der Waals surface area contributed by atoms with Crippen molar-refractivity contribution in [1.82, 2.24) is 14.6 Å². The van der Waals surface area contributed by atoms with Crippen LogP contribution in [0.3, 0.4) is 0 Å². The van der Waals surface area contributed by atoms with Crippen LogP contribution in [-0.4, -0.2) is 27.0 Å². The molecule has 1 atom stereocenters. The van der Waals surface area contributed by atoms with E-state index >= 15 is 0 Å². The average Bonchev–Trinajstić information content (AvgIpc) is 2.94. The number of aromatic nitrogens is 3. The van der Waals surface area contributed by atoms with Gasteiger partial charge in [0, 0.05) is 24.8 Å². The summed E-state index contributed by atoms with van der Waals surface area (Å²) in [5.41, 5.74) is 0.769. The highest BCUT2D eigenvalue weighted by Gasteiger charge is 2.22. The standard InChI is InChI=1S/C12H12BrN3O2/c13-10-6-14-11-3-4-12(15-16(10)11)18-7-8-1-2-9(17)5-8/h3-4,6,8H,1-2,5,7H2/t8-/m0/s1. The molecule has 1 aliphatic rings. The SMILES string of the molecule is O=C1CC[C@H](COc2ccc3ncc(Br)n3n2)C1. The monoisotopic (exact) mass is 309 g/mol. The first kappa shape index (κ1) is 11.6. The molecule has 0 aliphatic heterocycles. The molecule has 94 valence electrons. The van der Waals surface area contributed by atoms with E-state index in [0.29, 0.717) is 37.0 Å². The molecule has 0 aromatic carbocycles. The Morgan fingerprint density at radius 1 is 1.50 bits per heavy atom. The highest BCUT2D eigenvalue weighted by Crippen LogP contribution is 2.23. The fraction of sp³-hybridized carbons (Fsp3) is 0.417. The molecule has 6 heteroatoms. The van der Waals surface area contributed by atoms with Gasteiger partial charge in [-0.05, 0) is 28.4 Å². The van der Waals surface area contributed by atoms with E-state index in [1.54, 1.807) is 16.8 Å². The number of nitrogens with zero attached hydrogens (tertiary/aromatic N) is 3. The highest BCUT2D eigenvalue weighted by molar-refractivity contribution is 9.10. The number of halogens is 1. The first-order valence-corrected chi connectivity index (χ1v) is 6.66. The Hall–Kier alpha value is -1.43. The van der Waals surface area contributed by atoms with Crippen molar-refractivity contribution in [2.75, 3.05) is 6.61 Å². The zero-order chi connectivity index (χ0) is 12.5. The van der Waals surface area contributed by atoms with Crippen molar-refractivity contribution in [3.63, 3.8) is 0 Å². The van der Waals surface area contributed by atoms with Crippen LogP contribution in [0.1, 0.15) is 19.3 Å². The second kappa shape index (κ2) is 4.68. The van der Waals surface area contributed by atoms with Gasteiger partial charge in [0.1, 0.15) is 10.4 Å². The molecule has 3 rings (SSSR count). The van der Waals surface area contributed by atoms with Gasteiger partial charge in [-0.1, -0.05) is 0 Å². The van der Waals surface area contributed by atoms with Crippen molar-refractivity contribution < 1.29 is 9.53 Å². The summed E-state index contributed by atoms with van der Waals surface area (Å²) < 4.78 is 8.10. The van der Waals surface area contributed by atoms with Crippen LogP contribution < -0.4 is 4.74 Å². The number of ketones is 1. The molecule has 0 N–H and O–H groups in total. The van der Waals surface area contributed by atoms with E-state index in [1.165, 1.54) is 0 Å². The summed E-state index contributed by atoms with van der Waals surface area (Å²) in [4.78, 5) is 15.3. The minimum atomic E-state index is 0.334. The van der Waals surface area contributed by atoms with Crippen LogP contribution in [0.2, 0.25) is 0 Å². The summed E-state index contributed by atoms with van der Waals surface area (Å²) in [6, 6.07) is 3.65. The van der Waals surface area contributed by atoms with E-state index in [2.05, 4.69) is 26.0 Å². The number of fused-ring (bicyclic) bond motifs is 1. The summed E-state index contributed by atoms with van der Waals surface area (Å²) in [5.74, 6) is 1.23. The van der Waals surface area contributed by atoms with Gasteiger partial charge in [-0.25, -0.2) is 9.50 Å². The van der Waals surface area contributed by atoms with Gasteiger partial charge in [-0.2, -0.15) is 0 Å². The van der Waals surface area contributed by atoms with Crippen LogP contribution in [0.25, 0.3) is 5.65 Å². The number of carbonyl (C=O) groups is 1. The molecule has 18 heavy (non-hydrogen) atoms. The van der Waals surface area contributed by atoms with Gasteiger partial charge in [0.25, 0.3) is 0 Å². The molecular weight excluding hydrogens is 298 g/mol. The second-order valence-corrected chi connectivity index (χ2v) is 5.29. The number of hydrogen-bond acceptors (Lipinski definition) is 4. The van der Waals surface area contributed by atoms with Crippen LogP contribution in [0, 0.1) is 5.92 Å². The van der Waals surface area contributed by atoms with Crippen LogP contribution >= 0.6 is 15.9 Å². The fourth-order valence-electron chi connectivity index (χ4n) is 2.14. The van der Waals surface area contributed by atoms with Gasteiger partial charge in [0.15, 0.2) is 5.65 Å². The molecule has 0 amide bonds. The molecule has 0 bridgehead atoms. The Morgan fingerprint density at radius 3 is 3.17 bits per heavy atom. The van der Waals surface area contributed by atoms with Gasteiger partial charge >= 0.3 is 0 Å². The molecule has 0 saturated heterocycles. The minimum absolute atomic E-state index is 0.334. The molecule has 1 aliphatic carbocycles. The van der Waals surface area contributed by atoms with Gasteiger partial charge in [-0.15, -0.1) is 5.10 Å². The Balaban J connectivity index is 1.70. The first-order valence-electron chi connectivity index (χ1n) is 5.87. The summed E-state index contributed by atoms with van der Waals surface area (Å²) in [6.07, 6.45) is 3.95. The molecule has 0 unspecified atom stereocenters. The van der Waals surface area contributed by atoms with Gasteiger partial charge in [0.2, 0.25) is 5.88 Å². The minimum Gasteiger partial charge on any atom is -0.476 e. The fourth-order valence-corrected chi connectivity index (χ4v) is 2.51. The third-order valence-electron chi connectivity index (χ3n) is 3.11. The molecule has 2 aromatic rings. The Morgan fingerprint density at radius 2 is 2.39 bits per heavy atom. The van der Waals surface area contributed by atoms with Crippen LogP contribution in [0.4, 0.5) is 0 Å². The van der Waals surface area contributed by atoms with Crippen molar-refractivity contribution in [1.29, 1.82) is 0 Å². The largest absolute Gasteiger partial charge is 0.476 e. The maximum atomic E-state index is 11.2. The first-order chi connectivity index (χ1) is 8.72. The zero-order valence-electron chi connectivity index (χ0n) is 9.67. The smallest absolute Gasteiger partial charge is 0.231 e. The lowest BCUT2D eigenvalue weighted by atomic mass is 10.1. The van der Waals surface area contributed by atoms with Crippen molar-refractivity contribution in [2.45, 2.75) is 19.3 Å². The maximum Gasteiger partial charge on any atom is 0.231 e. The molecule has 0 radical (unpaired) electrons. The van der Waals surface area contributed by atoms with Gasteiger partial charge in [0.05, 0.1) is 12.8 Å². The van der Waals surface area contributed by atoms with Crippen molar-refractivity contribution in [2.24, 2.45) is 5.92 Å². The van der Waals surface area contributed by atoms with Crippen LogP contribution in [0.5, 0.6) is 5.88 Å². The van der Waals surface area contributed by atoms with E-state index < -0.39 is 0 Å². The maximum absolute atomic E-state index is 11.2. The summed E-state index contributed by atoms with van der Waals surface area (Å²) in [7, 11) is 0. The lowest BCUT2D eigenvalue weighted by Gasteiger charge is -2.09.